The fraction of sp³-hybridized carbons (Fsp3) is 0.0968. The minimum Gasteiger partial charge on any atom is -0.452 e. The molecule has 3 heterocycles. The predicted octanol–water partition coefficient (Wildman–Crippen LogP) is 6.02. The van der Waals surface area contributed by atoms with Crippen LogP contribution >= 0.6 is 0 Å². The average molecular weight is 584 g/mol. The van der Waals surface area contributed by atoms with Crippen molar-refractivity contribution >= 4 is 29.5 Å². The molecule has 2 aromatic carbocycles. The fourth-order valence-electron chi connectivity index (χ4n) is 4.25. The number of carbonyl (C=O) groups excluding carboxylic acids is 1. The van der Waals surface area contributed by atoms with Crippen molar-refractivity contribution < 1.29 is 18.3 Å². The second kappa shape index (κ2) is 12.0. The zero-order valence-corrected chi connectivity index (χ0v) is 23.5. The van der Waals surface area contributed by atoms with E-state index in [0.717, 1.165) is 17.5 Å². The third-order valence-electron chi connectivity index (χ3n) is 6.75. The molecule has 0 atom stereocenters. The SMILES string of the molecule is C=NN(C)/C(C)=C(\C)Nc1cc(Oc2ccc(NC(=O)c3cccn(-c4ccc(F)cc4)c3=O)cc2F)c2ccnn2c1. The molecule has 5 rings (SSSR count). The summed E-state index contributed by atoms with van der Waals surface area (Å²) < 4.78 is 37.3. The summed E-state index contributed by atoms with van der Waals surface area (Å²) in [6.07, 6.45) is 4.83. The first-order valence-electron chi connectivity index (χ1n) is 13.0. The number of ether oxygens (including phenoxy) is 1. The Balaban J connectivity index is 1.37. The van der Waals surface area contributed by atoms with Gasteiger partial charge < -0.3 is 15.4 Å². The van der Waals surface area contributed by atoms with Crippen molar-refractivity contribution in [3.05, 3.63) is 124 Å². The van der Waals surface area contributed by atoms with Gasteiger partial charge >= 0.3 is 0 Å². The summed E-state index contributed by atoms with van der Waals surface area (Å²) >= 11 is 0. The van der Waals surface area contributed by atoms with Crippen LogP contribution in [0.4, 0.5) is 20.2 Å². The van der Waals surface area contributed by atoms with E-state index in [1.807, 2.05) is 13.8 Å². The van der Waals surface area contributed by atoms with Crippen LogP contribution in [-0.4, -0.2) is 38.9 Å². The average Bonchev–Trinajstić information content (AvgIpc) is 3.47. The number of fused-ring (bicyclic) bond motifs is 1. The summed E-state index contributed by atoms with van der Waals surface area (Å²) in [5.74, 6) is -1.67. The summed E-state index contributed by atoms with van der Waals surface area (Å²) in [7, 11) is 1.78. The molecule has 0 saturated carbocycles. The number of amides is 1. The number of allylic oxidation sites excluding steroid dienone is 2. The number of hydrazone groups is 1. The van der Waals surface area contributed by atoms with E-state index in [2.05, 4.69) is 27.6 Å². The Bertz CT molecular complexity index is 1930. The zero-order valence-electron chi connectivity index (χ0n) is 23.5. The molecule has 1 amide bonds. The number of hydrogen-bond acceptors (Lipinski definition) is 7. The van der Waals surface area contributed by atoms with Crippen LogP contribution in [0.1, 0.15) is 24.2 Å². The van der Waals surface area contributed by atoms with Crippen molar-refractivity contribution in [1.29, 1.82) is 0 Å². The van der Waals surface area contributed by atoms with E-state index in [1.54, 1.807) is 41.1 Å². The van der Waals surface area contributed by atoms with Gasteiger partial charge in [-0.25, -0.2) is 13.3 Å². The minimum absolute atomic E-state index is 0.0874. The van der Waals surface area contributed by atoms with E-state index in [-0.39, 0.29) is 17.0 Å². The van der Waals surface area contributed by atoms with Gasteiger partial charge in [0.25, 0.3) is 11.5 Å². The quantitative estimate of drug-likeness (QED) is 0.163. The van der Waals surface area contributed by atoms with Crippen LogP contribution in [0, 0.1) is 11.6 Å². The first-order valence-corrected chi connectivity index (χ1v) is 13.0. The molecule has 0 radical (unpaired) electrons. The standard InChI is InChI=1S/C31H27F2N7O3/c1-19(20(2)38(4)34-3)36-23-17-29(27-13-14-35-40(27)18-23)43-28-12-9-22(16-26(28)33)37-30(41)25-6-5-15-39(31(25)42)24-10-7-21(32)8-11-24/h5-18,36H,3H2,1-2,4H3,(H,37,41)/b20-19+. The van der Waals surface area contributed by atoms with Crippen LogP contribution in [0.3, 0.4) is 0 Å². The molecule has 0 aliphatic rings. The van der Waals surface area contributed by atoms with Gasteiger partial charge in [-0.3, -0.25) is 19.2 Å². The number of carbonyl (C=O) groups is 1. The Morgan fingerprint density at radius 3 is 2.49 bits per heavy atom. The van der Waals surface area contributed by atoms with Crippen molar-refractivity contribution in [3.63, 3.8) is 0 Å². The van der Waals surface area contributed by atoms with Crippen molar-refractivity contribution in [2.45, 2.75) is 13.8 Å². The van der Waals surface area contributed by atoms with E-state index >= 15 is 4.39 Å². The van der Waals surface area contributed by atoms with Crippen molar-refractivity contribution in [2.24, 2.45) is 5.10 Å². The largest absolute Gasteiger partial charge is 0.452 e. The van der Waals surface area contributed by atoms with Gasteiger partial charge in [-0.15, -0.1) is 0 Å². The molecule has 0 aliphatic heterocycles. The topological polar surface area (TPSA) is 105 Å². The lowest BCUT2D eigenvalue weighted by Gasteiger charge is -2.18. The maximum Gasteiger partial charge on any atom is 0.267 e. The predicted molar refractivity (Wildman–Crippen MR) is 161 cm³/mol. The van der Waals surface area contributed by atoms with E-state index < -0.39 is 23.1 Å². The number of anilines is 2. The van der Waals surface area contributed by atoms with Crippen LogP contribution in [-0.2, 0) is 0 Å². The Labute approximate surface area is 245 Å². The Hall–Kier alpha value is -5.78. The van der Waals surface area contributed by atoms with Crippen LogP contribution in [0.2, 0.25) is 0 Å². The molecule has 5 aromatic rings. The molecule has 0 bridgehead atoms. The smallest absolute Gasteiger partial charge is 0.267 e. The van der Waals surface area contributed by atoms with Gasteiger partial charge in [-0.1, -0.05) is 0 Å². The highest BCUT2D eigenvalue weighted by molar-refractivity contribution is 6.04. The molecule has 43 heavy (non-hydrogen) atoms. The van der Waals surface area contributed by atoms with Crippen molar-refractivity contribution in [2.75, 3.05) is 17.7 Å². The number of nitrogens with zero attached hydrogens (tertiary/aromatic N) is 5. The van der Waals surface area contributed by atoms with Crippen LogP contribution in [0.15, 0.2) is 107 Å². The molecular formula is C31H27F2N7O3. The highest BCUT2D eigenvalue weighted by Crippen LogP contribution is 2.32. The van der Waals surface area contributed by atoms with E-state index in [9.17, 15) is 14.0 Å². The second-order valence-electron chi connectivity index (χ2n) is 9.53. The van der Waals surface area contributed by atoms with Gasteiger partial charge in [0.2, 0.25) is 0 Å². The van der Waals surface area contributed by atoms with Crippen LogP contribution in [0.25, 0.3) is 11.2 Å². The lowest BCUT2D eigenvalue weighted by molar-refractivity contribution is 0.102. The molecule has 2 N–H and O–H groups in total. The van der Waals surface area contributed by atoms with Gasteiger partial charge in [0.05, 0.1) is 23.8 Å². The monoisotopic (exact) mass is 583 g/mol. The molecule has 0 saturated heterocycles. The first-order chi connectivity index (χ1) is 20.6. The van der Waals surface area contributed by atoms with E-state index in [4.69, 9.17) is 4.74 Å². The van der Waals surface area contributed by atoms with Gasteiger partial charge in [0.15, 0.2) is 17.3 Å². The molecule has 0 fully saturated rings. The number of pyridine rings is 2. The van der Waals surface area contributed by atoms with Crippen LogP contribution < -0.4 is 20.9 Å². The lowest BCUT2D eigenvalue weighted by Crippen LogP contribution is -2.27. The van der Waals surface area contributed by atoms with Crippen molar-refractivity contribution in [1.82, 2.24) is 19.2 Å². The molecule has 12 heteroatoms. The lowest BCUT2D eigenvalue weighted by atomic mass is 10.2. The Morgan fingerprint density at radius 1 is 1.00 bits per heavy atom. The number of hydrogen-bond donors (Lipinski definition) is 2. The van der Waals surface area contributed by atoms with Gasteiger partial charge in [-0.05, 0) is 68.4 Å². The molecule has 0 spiro atoms. The molecule has 10 nitrogen and oxygen atoms in total. The number of halogens is 2. The third-order valence-corrected chi connectivity index (χ3v) is 6.75. The molecule has 218 valence electrons. The van der Waals surface area contributed by atoms with Crippen molar-refractivity contribution in [3.8, 4) is 17.2 Å². The highest BCUT2D eigenvalue weighted by Gasteiger charge is 2.16. The number of nitrogens with one attached hydrogen (secondary N) is 2. The number of benzene rings is 2. The third kappa shape index (κ3) is 6.12. The summed E-state index contributed by atoms with van der Waals surface area (Å²) in [6, 6.07) is 15.5. The Morgan fingerprint density at radius 2 is 1.77 bits per heavy atom. The van der Waals surface area contributed by atoms with Crippen LogP contribution in [0.5, 0.6) is 11.5 Å². The summed E-state index contributed by atoms with van der Waals surface area (Å²) in [5.41, 5.74) is 2.61. The second-order valence-corrected chi connectivity index (χ2v) is 9.53. The van der Waals surface area contributed by atoms with E-state index in [1.165, 1.54) is 59.3 Å². The van der Waals surface area contributed by atoms with Gasteiger partial charge in [0.1, 0.15) is 16.9 Å². The van der Waals surface area contributed by atoms with E-state index in [0.29, 0.717) is 22.6 Å². The molecular weight excluding hydrogens is 556 g/mol. The fourth-order valence-corrected chi connectivity index (χ4v) is 4.25. The number of aromatic nitrogens is 3. The zero-order chi connectivity index (χ0) is 30.7. The summed E-state index contributed by atoms with van der Waals surface area (Å²) in [5, 5.41) is 15.6. The normalized spacial score (nSPS) is 11.6. The minimum atomic E-state index is -0.740. The highest BCUT2D eigenvalue weighted by atomic mass is 19.1. The maximum atomic E-state index is 15.2. The maximum absolute atomic E-state index is 15.2. The summed E-state index contributed by atoms with van der Waals surface area (Å²) in [6.45, 7) is 7.29. The molecule has 0 unspecified atom stereocenters. The Kier molecular flexibility index (Phi) is 8.01. The first kappa shape index (κ1) is 28.7. The van der Waals surface area contributed by atoms with Gasteiger partial charge in [0, 0.05) is 49.2 Å². The summed E-state index contributed by atoms with van der Waals surface area (Å²) in [4.78, 5) is 25.9. The number of rotatable bonds is 9. The van der Waals surface area contributed by atoms with Gasteiger partial charge in [-0.2, -0.15) is 10.2 Å². The molecule has 3 aromatic heterocycles. The molecule has 0 aliphatic carbocycles.